The fourth-order valence-corrected chi connectivity index (χ4v) is 3.43. The molecule has 0 N–H and O–H groups in total. The van der Waals surface area contributed by atoms with Crippen LogP contribution < -0.4 is 0 Å². The molecule has 2 rings (SSSR count). The van der Waals surface area contributed by atoms with Gasteiger partial charge in [-0.3, -0.25) is 0 Å². The van der Waals surface area contributed by atoms with E-state index in [1.54, 1.807) is 16.7 Å². The van der Waals surface area contributed by atoms with Crippen LogP contribution >= 0.6 is 0 Å². The summed E-state index contributed by atoms with van der Waals surface area (Å²) >= 11 is 0. The summed E-state index contributed by atoms with van der Waals surface area (Å²) < 4.78 is 0. The quantitative estimate of drug-likeness (QED) is 0.494. The fraction of sp³-hybridized carbons (Fsp3) is 0.733. The maximum atomic E-state index is 2.49. The summed E-state index contributed by atoms with van der Waals surface area (Å²) in [6.45, 7) is 9.40. The van der Waals surface area contributed by atoms with Crippen molar-refractivity contribution in [3.8, 4) is 0 Å². The van der Waals surface area contributed by atoms with Crippen LogP contribution in [0.15, 0.2) is 22.8 Å². The summed E-state index contributed by atoms with van der Waals surface area (Å²) in [6.07, 6.45) is 9.31. The van der Waals surface area contributed by atoms with E-state index in [9.17, 15) is 0 Å². The molecule has 2 atom stereocenters. The van der Waals surface area contributed by atoms with Gasteiger partial charge in [0.05, 0.1) is 0 Å². The van der Waals surface area contributed by atoms with Gasteiger partial charge >= 0.3 is 0 Å². The summed E-state index contributed by atoms with van der Waals surface area (Å²) in [7, 11) is 0. The Bertz CT molecular complexity index is 315. The van der Waals surface area contributed by atoms with E-state index < -0.39 is 0 Å². The molecular weight excluding hydrogens is 180 g/mol. The van der Waals surface area contributed by atoms with Crippen molar-refractivity contribution in [2.75, 3.05) is 0 Å². The molecule has 0 saturated heterocycles. The smallest absolute Gasteiger partial charge is 0.00535 e. The van der Waals surface area contributed by atoms with Crippen molar-refractivity contribution in [3.05, 3.63) is 22.8 Å². The third-order valence-corrected chi connectivity index (χ3v) is 4.85. The van der Waals surface area contributed by atoms with Gasteiger partial charge in [-0.2, -0.15) is 0 Å². The summed E-state index contributed by atoms with van der Waals surface area (Å²) in [5.41, 5.74) is 5.43. The number of allylic oxidation sites excluding steroid dienone is 4. The molecule has 15 heavy (non-hydrogen) atoms. The van der Waals surface area contributed by atoms with Crippen LogP contribution in [-0.2, 0) is 0 Å². The van der Waals surface area contributed by atoms with Crippen LogP contribution in [0.25, 0.3) is 0 Å². The van der Waals surface area contributed by atoms with Gasteiger partial charge in [0.25, 0.3) is 0 Å². The van der Waals surface area contributed by atoms with Crippen LogP contribution in [0.4, 0.5) is 0 Å². The SMILES string of the molecule is CC1=CCCC2CCC(=C(C)C)CC12C. The Morgan fingerprint density at radius 1 is 1.33 bits per heavy atom. The third-order valence-electron chi connectivity index (χ3n) is 4.85. The highest BCUT2D eigenvalue weighted by atomic mass is 14.4. The summed E-state index contributed by atoms with van der Waals surface area (Å²) in [5.74, 6) is 0.950. The van der Waals surface area contributed by atoms with Gasteiger partial charge in [0.15, 0.2) is 0 Å². The third kappa shape index (κ3) is 1.79. The largest absolute Gasteiger partial charge is 0.0850 e. The Kier molecular flexibility index (Phi) is 2.79. The Morgan fingerprint density at radius 2 is 2.07 bits per heavy atom. The van der Waals surface area contributed by atoms with E-state index in [4.69, 9.17) is 0 Å². The Morgan fingerprint density at radius 3 is 2.73 bits per heavy atom. The van der Waals surface area contributed by atoms with Crippen molar-refractivity contribution < 1.29 is 0 Å². The maximum Gasteiger partial charge on any atom is -0.00535 e. The molecule has 0 aromatic rings. The Balaban J connectivity index is 2.31. The van der Waals surface area contributed by atoms with E-state index in [-0.39, 0.29) is 0 Å². The zero-order valence-electron chi connectivity index (χ0n) is 10.7. The standard InChI is InChI=1S/C15H24/c1-11(2)13-8-9-14-7-5-6-12(3)15(14,4)10-13/h6,14H,5,7-10H2,1-4H3. The molecule has 0 radical (unpaired) electrons. The monoisotopic (exact) mass is 204 g/mol. The maximum absolute atomic E-state index is 2.49. The van der Waals surface area contributed by atoms with Gasteiger partial charge in [-0.25, -0.2) is 0 Å². The van der Waals surface area contributed by atoms with Gasteiger partial charge < -0.3 is 0 Å². The summed E-state index contributed by atoms with van der Waals surface area (Å²) in [6, 6.07) is 0. The fourth-order valence-electron chi connectivity index (χ4n) is 3.43. The minimum absolute atomic E-state index is 0.489. The normalized spacial score (nSPS) is 35.9. The predicted octanol–water partition coefficient (Wildman–Crippen LogP) is 4.87. The van der Waals surface area contributed by atoms with Gasteiger partial charge in [-0.15, -0.1) is 0 Å². The lowest BCUT2D eigenvalue weighted by Crippen LogP contribution is -2.35. The first-order chi connectivity index (χ1) is 7.04. The highest BCUT2D eigenvalue weighted by Gasteiger charge is 2.40. The molecule has 2 aliphatic rings. The van der Waals surface area contributed by atoms with Crippen molar-refractivity contribution in [3.63, 3.8) is 0 Å². The lowest BCUT2D eigenvalue weighted by molar-refractivity contribution is 0.168. The second-order valence-electron chi connectivity index (χ2n) is 5.90. The molecule has 0 amide bonds. The van der Waals surface area contributed by atoms with E-state index in [2.05, 4.69) is 33.8 Å². The highest BCUT2D eigenvalue weighted by Crippen LogP contribution is 2.52. The summed E-state index contributed by atoms with van der Waals surface area (Å²) in [5, 5.41) is 0. The molecule has 0 aliphatic heterocycles. The molecule has 1 fully saturated rings. The van der Waals surface area contributed by atoms with Crippen molar-refractivity contribution in [1.82, 2.24) is 0 Å². The number of fused-ring (bicyclic) bond motifs is 1. The highest BCUT2D eigenvalue weighted by molar-refractivity contribution is 5.25. The molecule has 2 unspecified atom stereocenters. The zero-order valence-corrected chi connectivity index (χ0v) is 10.7. The average Bonchev–Trinajstić information content (AvgIpc) is 2.19. The predicted molar refractivity (Wildman–Crippen MR) is 66.8 cm³/mol. The first kappa shape index (κ1) is 11.0. The van der Waals surface area contributed by atoms with Gasteiger partial charge in [-0.1, -0.05) is 29.7 Å². The van der Waals surface area contributed by atoms with E-state index in [0.29, 0.717) is 5.41 Å². The minimum atomic E-state index is 0.489. The number of hydrogen-bond donors (Lipinski definition) is 0. The van der Waals surface area contributed by atoms with Gasteiger partial charge in [0.1, 0.15) is 0 Å². The Hall–Kier alpha value is -0.520. The van der Waals surface area contributed by atoms with Gasteiger partial charge in [0, 0.05) is 0 Å². The topological polar surface area (TPSA) is 0 Å². The molecule has 2 aliphatic carbocycles. The van der Waals surface area contributed by atoms with Crippen molar-refractivity contribution in [1.29, 1.82) is 0 Å². The molecule has 84 valence electrons. The van der Waals surface area contributed by atoms with Crippen LogP contribution in [0.5, 0.6) is 0 Å². The van der Waals surface area contributed by atoms with Crippen molar-refractivity contribution >= 4 is 0 Å². The first-order valence-electron chi connectivity index (χ1n) is 6.36. The summed E-state index contributed by atoms with van der Waals surface area (Å²) in [4.78, 5) is 0. The van der Waals surface area contributed by atoms with E-state index in [0.717, 1.165) is 5.92 Å². The van der Waals surface area contributed by atoms with E-state index in [1.807, 2.05) is 0 Å². The molecule has 0 aromatic carbocycles. The second kappa shape index (κ2) is 3.81. The van der Waals surface area contributed by atoms with Crippen molar-refractivity contribution in [2.24, 2.45) is 11.3 Å². The van der Waals surface area contributed by atoms with Gasteiger partial charge in [0.2, 0.25) is 0 Å². The molecule has 0 nitrogen and oxygen atoms in total. The van der Waals surface area contributed by atoms with Crippen LogP contribution in [0.3, 0.4) is 0 Å². The van der Waals surface area contributed by atoms with Crippen LogP contribution in [0, 0.1) is 11.3 Å². The molecule has 0 heterocycles. The number of rotatable bonds is 0. The molecule has 0 bridgehead atoms. The van der Waals surface area contributed by atoms with E-state index in [1.165, 1.54) is 32.1 Å². The van der Waals surface area contributed by atoms with Crippen LogP contribution in [0.1, 0.15) is 59.8 Å². The average molecular weight is 204 g/mol. The minimum Gasteiger partial charge on any atom is -0.0850 e. The molecule has 0 spiro atoms. The lowest BCUT2D eigenvalue weighted by atomic mass is 9.58. The number of hydrogen-bond acceptors (Lipinski definition) is 0. The van der Waals surface area contributed by atoms with Crippen LogP contribution in [0.2, 0.25) is 0 Å². The van der Waals surface area contributed by atoms with Crippen molar-refractivity contribution in [2.45, 2.75) is 59.8 Å². The van der Waals surface area contributed by atoms with Gasteiger partial charge in [-0.05, 0) is 64.2 Å². The first-order valence-corrected chi connectivity index (χ1v) is 6.36. The molecular formula is C15H24. The van der Waals surface area contributed by atoms with Crippen LogP contribution in [-0.4, -0.2) is 0 Å². The lowest BCUT2D eigenvalue weighted by Gasteiger charge is -2.46. The molecule has 1 saturated carbocycles. The molecule has 0 heteroatoms. The second-order valence-corrected chi connectivity index (χ2v) is 5.90. The molecule has 0 aromatic heterocycles. The van der Waals surface area contributed by atoms with E-state index >= 15 is 0 Å². The zero-order chi connectivity index (χ0) is 11.1. The Labute approximate surface area is 94.5 Å².